The van der Waals surface area contributed by atoms with Crippen LogP contribution in [0.15, 0.2) is 77.4 Å². The number of ether oxygens (including phenoxy) is 1. The molecular weight excluding hydrogens is 344 g/mol. The maximum atomic E-state index is 5.80. The monoisotopic (exact) mass is 366 g/mol. The lowest BCUT2D eigenvalue weighted by Crippen LogP contribution is -2.34. The van der Waals surface area contributed by atoms with E-state index in [1.807, 2.05) is 36.4 Å². The number of nitrogens with one attached hydrogen (secondary N) is 2. The molecule has 0 saturated carbocycles. The number of hydrogen-bond donors (Lipinski definition) is 2. The first kappa shape index (κ1) is 18.2. The molecule has 0 fully saturated rings. The van der Waals surface area contributed by atoms with E-state index in [2.05, 4.69) is 41.0 Å². The number of furan rings is 1. The average molecular weight is 366 g/mol. The lowest BCUT2D eigenvalue weighted by Gasteiger charge is -2.11. The Kier molecular flexibility index (Phi) is 6.81. The molecule has 0 radical (unpaired) electrons. The fourth-order valence-electron chi connectivity index (χ4n) is 2.52. The van der Waals surface area contributed by atoms with Crippen molar-refractivity contribution in [2.24, 2.45) is 0 Å². The molecule has 3 rings (SSSR count). The smallest absolute Gasteiger partial charge is 0.166 e. The highest BCUT2D eigenvalue weighted by Gasteiger charge is 2.01. The summed E-state index contributed by atoms with van der Waals surface area (Å²) < 4.78 is 11.1. The lowest BCUT2D eigenvalue weighted by molar-refractivity contribution is 0.107. The van der Waals surface area contributed by atoms with Gasteiger partial charge in [-0.1, -0.05) is 54.6 Å². The molecule has 5 heteroatoms. The highest BCUT2D eigenvalue weighted by molar-refractivity contribution is 7.80. The zero-order valence-corrected chi connectivity index (χ0v) is 15.3. The Bertz CT molecular complexity index is 804. The SMILES string of the molecule is S=C(NCc1cccc(COCc2ccccc2)c1)NCc1ccco1. The van der Waals surface area contributed by atoms with Crippen LogP contribution in [-0.4, -0.2) is 5.11 Å². The highest BCUT2D eigenvalue weighted by Crippen LogP contribution is 2.09. The van der Waals surface area contributed by atoms with E-state index in [1.165, 1.54) is 5.56 Å². The van der Waals surface area contributed by atoms with E-state index in [-0.39, 0.29) is 0 Å². The molecule has 2 N–H and O–H groups in total. The third-order valence-corrected chi connectivity index (χ3v) is 4.12. The molecule has 0 spiro atoms. The van der Waals surface area contributed by atoms with Crippen LogP contribution in [0.2, 0.25) is 0 Å². The summed E-state index contributed by atoms with van der Waals surface area (Å²) in [5, 5.41) is 6.94. The minimum absolute atomic E-state index is 0.576. The van der Waals surface area contributed by atoms with Crippen molar-refractivity contribution >= 4 is 17.3 Å². The van der Waals surface area contributed by atoms with Crippen LogP contribution in [0.1, 0.15) is 22.5 Å². The molecule has 0 unspecified atom stereocenters. The second-order valence-corrected chi connectivity index (χ2v) is 6.32. The number of benzene rings is 2. The quantitative estimate of drug-likeness (QED) is 0.586. The summed E-state index contributed by atoms with van der Waals surface area (Å²) in [6.07, 6.45) is 1.65. The predicted octanol–water partition coefficient (Wildman–Crippen LogP) is 4.16. The van der Waals surface area contributed by atoms with Crippen LogP contribution in [0.4, 0.5) is 0 Å². The predicted molar refractivity (Wildman–Crippen MR) is 106 cm³/mol. The maximum Gasteiger partial charge on any atom is 0.166 e. The Morgan fingerprint density at radius 2 is 1.54 bits per heavy atom. The van der Waals surface area contributed by atoms with Gasteiger partial charge in [0.15, 0.2) is 5.11 Å². The van der Waals surface area contributed by atoms with Crippen LogP contribution < -0.4 is 10.6 Å². The van der Waals surface area contributed by atoms with E-state index < -0.39 is 0 Å². The van der Waals surface area contributed by atoms with E-state index in [1.54, 1.807) is 6.26 Å². The molecule has 1 aromatic heterocycles. The lowest BCUT2D eigenvalue weighted by atomic mass is 10.1. The van der Waals surface area contributed by atoms with Gasteiger partial charge in [0.2, 0.25) is 0 Å². The first-order valence-electron chi connectivity index (χ1n) is 8.53. The van der Waals surface area contributed by atoms with Crippen molar-refractivity contribution in [3.63, 3.8) is 0 Å². The standard InChI is InChI=1S/C21H22N2O2S/c26-21(23-14-20-10-5-11-25-20)22-13-18-8-4-9-19(12-18)16-24-15-17-6-2-1-3-7-17/h1-12H,13-16H2,(H2,22,23,26). The van der Waals surface area contributed by atoms with Gasteiger partial charge in [0.25, 0.3) is 0 Å². The molecule has 0 amide bonds. The highest BCUT2D eigenvalue weighted by atomic mass is 32.1. The summed E-state index contributed by atoms with van der Waals surface area (Å²) in [5.41, 5.74) is 3.49. The van der Waals surface area contributed by atoms with Crippen LogP contribution in [0.3, 0.4) is 0 Å². The molecule has 0 aliphatic carbocycles. The summed E-state index contributed by atoms with van der Waals surface area (Å²) in [6, 6.07) is 22.3. The van der Waals surface area contributed by atoms with Crippen molar-refractivity contribution < 1.29 is 9.15 Å². The Labute approximate surface area is 159 Å². The van der Waals surface area contributed by atoms with Crippen LogP contribution in [-0.2, 0) is 31.0 Å². The van der Waals surface area contributed by atoms with Gasteiger partial charge in [-0.15, -0.1) is 0 Å². The summed E-state index contributed by atoms with van der Waals surface area (Å²) >= 11 is 5.29. The molecule has 2 aromatic carbocycles. The summed E-state index contributed by atoms with van der Waals surface area (Å²) in [4.78, 5) is 0. The average Bonchev–Trinajstić information content (AvgIpc) is 3.20. The van der Waals surface area contributed by atoms with Crippen molar-refractivity contribution in [3.8, 4) is 0 Å². The van der Waals surface area contributed by atoms with Crippen molar-refractivity contribution in [3.05, 3.63) is 95.4 Å². The van der Waals surface area contributed by atoms with Crippen LogP contribution in [0, 0.1) is 0 Å². The Morgan fingerprint density at radius 1 is 0.808 bits per heavy atom. The molecule has 0 atom stereocenters. The van der Waals surface area contributed by atoms with Gasteiger partial charge in [0.05, 0.1) is 26.0 Å². The molecule has 26 heavy (non-hydrogen) atoms. The van der Waals surface area contributed by atoms with Gasteiger partial charge in [-0.3, -0.25) is 0 Å². The van der Waals surface area contributed by atoms with E-state index in [0.29, 0.717) is 31.4 Å². The molecule has 1 heterocycles. The van der Waals surface area contributed by atoms with Crippen LogP contribution >= 0.6 is 12.2 Å². The number of thiocarbonyl (C=S) groups is 1. The second-order valence-electron chi connectivity index (χ2n) is 5.91. The number of hydrogen-bond acceptors (Lipinski definition) is 3. The van der Waals surface area contributed by atoms with Crippen LogP contribution in [0.5, 0.6) is 0 Å². The molecular formula is C21H22N2O2S. The normalized spacial score (nSPS) is 10.5. The third-order valence-electron chi connectivity index (χ3n) is 3.83. The van der Waals surface area contributed by atoms with Crippen molar-refractivity contribution in [1.29, 1.82) is 0 Å². The second kappa shape index (κ2) is 9.75. The number of rotatable bonds is 8. The van der Waals surface area contributed by atoms with E-state index in [9.17, 15) is 0 Å². The Hall–Kier alpha value is -2.63. The summed E-state index contributed by atoms with van der Waals surface area (Å²) in [5.74, 6) is 0.853. The molecule has 4 nitrogen and oxygen atoms in total. The van der Waals surface area contributed by atoms with E-state index in [0.717, 1.165) is 16.9 Å². The molecule has 0 bridgehead atoms. The Balaban J connectivity index is 1.41. The van der Waals surface area contributed by atoms with Gasteiger partial charge < -0.3 is 19.8 Å². The molecule has 3 aromatic rings. The van der Waals surface area contributed by atoms with Gasteiger partial charge in [0, 0.05) is 6.54 Å². The largest absolute Gasteiger partial charge is 0.467 e. The zero-order valence-electron chi connectivity index (χ0n) is 14.5. The molecule has 0 aliphatic heterocycles. The third kappa shape index (κ3) is 6.02. The van der Waals surface area contributed by atoms with Crippen molar-refractivity contribution in [2.75, 3.05) is 0 Å². The van der Waals surface area contributed by atoms with E-state index >= 15 is 0 Å². The Morgan fingerprint density at radius 3 is 2.35 bits per heavy atom. The van der Waals surface area contributed by atoms with Gasteiger partial charge in [0.1, 0.15) is 5.76 Å². The van der Waals surface area contributed by atoms with Gasteiger partial charge in [-0.25, -0.2) is 0 Å². The maximum absolute atomic E-state index is 5.80. The van der Waals surface area contributed by atoms with Gasteiger partial charge in [-0.2, -0.15) is 0 Å². The first-order valence-corrected chi connectivity index (χ1v) is 8.94. The minimum atomic E-state index is 0.576. The minimum Gasteiger partial charge on any atom is -0.467 e. The topological polar surface area (TPSA) is 46.4 Å². The van der Waals surface area contributed by atoms with Crippen molar-refractivity contribution in [2.45, 2.75) is 26.3 Å². The van der Waals surface area contributed by atoms with Crippen molar-refractivity contribution in [1.82, 2.24) is 10.6 Å². The van der Waals surface area contributed by atoms with Crippen LogP contribution in [0.25, 0.3) is 0 Å². The fraction of sp³-hybridized carbons (Fsp3) is 0.190. The first-order chi connectivity index (χ1) is 12.8. The van der Waals surface area contributed by atoms with Gasteiger partial charge in [-0.05, 0) is 41.0 Å². The van der Waals surface area contributed by atoms with E-state index in [4.69, 9.17) is 21.4 Å². The molecule has 134 valence electrons. The summed E-state index contributed by atoms with van der Waals surface area (Å²) in [7, 11) is 0. The fourth-order valence-corrected chi connectivity index (χ4v) is 2.66. The molecule has 0 saturated heterocycles. The zero-order chi connectivity index (χ0) is 18.0. The molecule has 0 aliphatic rings. The summed E-state index contributed by atoms with van der Waals surface area (Å²) in [6.45, 7) is 2.44. The van der Waals surface area contributed by atoms with Gasteiger partial charge >= 0.3 is 0 Å².